The molecule has 0 aliphatic rings. The van der Waals surface area contributed by atoms with E-state index in [2.05, 4.69) is 0 Å². The van der Waals surface area contributed by atoms with Gasteiger partial charge in [0.25, 0.3) is 0 Å². The summed E-state index contributed by atoms with van der Waals surface area (Å²) in [4.78, 5) is 12.3. The lowest BCUT2D eigenvalue weighted by Gasteiger charge is -2.10. The largest absolute Gasteiger partial charge is 0.491 e. The number of hydrogen-bond donors (Lipinski definition) is 0. The highest BCUT2D eigenvalue weighted by Crippen LogP contribution is 2.19. The van der Waals surface area contributed by atoms with Gasteiger partial charge in [0.15, 0.2) is 5.78 Å². The molecule has 0 amide bonds. The van der Waals surface area contributed by atoms with E-state index >= 15 is 0 Å². The molecule has 0 aliphatic carbocycles. The highest BCUT2D eigenvalue weighted by atomic mass is 35.5. The van der Waals surface area contributed by atoms with Crippen LogP contribution in [-0.2, 0) is 6.42 Å². The summed E-state index contributed by atoms with van der Waals surface area (Å²) in [5.74, 6) is 0.0233. The summed E-state index contributed by atoms with van der Waals surface area (Å²) in [7, 11) is 0. The average Bonchev–Trinajstić information content (AvgIpc) is 2.42. The Hall–Kier alpha value is -1.87. The molecule has 0 aromatic heterocycles. The molecular weight excluding hydrogens is 291 g/mol. The molecule has 2 rings (SSSR count). The molecule has 0 N–H and O–H groups in total. The number of ketones is 1. The molecule has 2 aromatic rings. The van der Waals surface area contributed by atoms with Crippen molar-refractivity contribution in [3.05, 3.63) is 64.4 Å². The lowest BCUT2D eigenvalue weighted by atomic mass is 10.0. The van der Waals surface area contributed by atoms with E-state index in [1.54, 1.807) is 24.3 Å². The van der Waals surface area contributed by atoms with Crippen molar-refractivity contribution in [2.75, 3.05) is 0 Å². The summed E-state index contributed by atoms with van der Waals surface area (Å²) in [5, 5.41) is 0.413. The Bertz CT molecular complexity index is 653. The van der Waals surface area contributed by atoms with Gasteiger partial charge in [-0.3, -0.25) is 4.79 Å². The standard InChI is InChI=1S/C17H16ClFO2/c1-11(2)21-15-5-3-4-12(9-15)17(20)10-13-8-14(18)6-7-16(13)19/h3-9,11H,10H2,1-2H3. The van der Waals surface area contributed by atoms with E-state index in [0.29, 0.717) is 21.9 Å². The van der Waals surface area contributed by atoms with Crippen molar-refractivity contribution in [1.82, 2.24) is 0 Å². The molecule has 0 bridgehead atoms. The van der Waals surface area contributed by atoms with Crippen LogP contribution in [0.25, 0.3) is 0 Å². The Morgan fingerprint density at radius 2 is 2.00 bits per heavy atom. The summed E-state index contributed by atoms with van der Waals surface area (Å²) in [6, 6.07) is 11.1. The topological polar surface area (TPSA) is 26.3 Å². The van der Waals surface area contributed by atoms with Crippen LogP contribution >= 0.6 is 11.6 Å². The van der Waals surface area contributed by atoms with Gasteiger partial charge in [-0.05, 0) is 49.7 Å². The minimum Gasteiger partial charge on any atom is -0.491 e. The molecule has 0 saturated carbocycles. The fourth-order valence-electron chi connectivity index (χ4n) is 1.97. The van der Waals surface area contributed by atoms with Gasteiger partial charge < -0.3 is 4.74 Å². The predicted octanol–water partition coefficient (Wildman–Crippen LogP) is 4.69. The lowest BCUT2D eigenvalue weighted by Crippen LogP contribution is -2.08. The first-order valence-electron chi connectivity index (χ1n) is 6.69. The number of halogens is 2. The summed E-state index contributed by atoms with van der Waals surface area (Å²) in [6.07, 6.45) is -0.00178. The molecule has 0 spiro atoms. The minimum absolute atomic E-state index is 0.0285. The van der Waals surface area contributed by atoms with Crippen molar-refractivity contribution >= 4 is 17.4 Å². The van der Waals surface area contributed by atoms with Crippen LogP contribution in [0.15, 0.2) is 42.5 Å². The zero-order valence-electron chi connectivity index (χ0n) is 11.9. The number of hydrogen-bond acceptors (Lipinski definition) is 2. The maximum atomic E-state index is 13.7. The van der Waals surface area contributed by atoms with Gasteiger partial charge in [0.2, 0.25) is 0 Å². The van der Waals surface area contributed by atoms with E-state index in [0.717, 1.165) is 0 Å². The van der Waals surface area contributed by atoms with Gasteiger partial charge in [0.05, 0.1) is 6.10 Å². The number of ether oxygens (including phenoxy) is 1. The molecule has 0 radical (unpaired) electrons. The quantitative estimate of drug-likeness (QED) is 0.749. The number of benzene rings is 2. The van der Waals surface area contributed by atoms with Gasteiger partial charge in [-0.2, -0.15) is 0 Å². The fraction of sp³-hybridized carbons (Fsp3) is 0.235. The Morgan fingerprint density at radius 3 is 2.71 bits per heavy atom. The molecule has 21 heavy (non-hydrogen) atoms. The van der Waals surface area contributed by atoms with Gasteiger partial charge in [-0.25, -0.2) is 4.39 Å². The molecule has 0 saturated heterocycles. The molecular formula is C17H16ClFO2. The van der Waals surface area contributed by atoms with E-state index < -0.39 is 5.82 Å². The van der Waals surface area contributed by atoms with Crippen LogP contribution in [0.1, 0.15) is 29.8 Å². The molecule has 0 fully saturated rings. The maximum Gasteiger partial charge on any atom is 0.167 e. The third-order valence-corrected chi connectivity index (χ3v) is 3.12. The summed E-state index contributed by atoms with van der Waals surface area (Å²) < 4.78 is 19.2. The Labute approximate surface area is 128 Å². The first-order valence-corrected chi connectivity index (χ1v) is 7.07. The third-order valence-electron chi connectivity index (χ3n) is 2.89. The van der Waals surface area contributed by atoms with E-state index in [-0.39, 0.29) is 18.3 Å². The van der Waals surface area contributed by atoms with Gasteiger partial charge in [0, 0.05) is 17.0 Å². The molecule has 2 nitrogen and oxygen atoms in total. The van der Waals surface area contributed by atoms with E-state index in [9.17, 15) is 9.18 Å². The van der Waals surface area contributed by atoms with E-state index in [1.165, 1.54) is 18.2 Å². The number of rotatable bonds is 5. The van der Waals surface area contributed by atoms with Crippen molar-refractivity contribution in [2.24, 2.45) is 0 Å². The molecule has 0 unspecified atom stereocenters. The van der Waals surface area contributed by atoms with Crippen LogP contribution in [0.4, 0.5) is 4.39 Å². The first-order chi connectivity index (χ1) is 9.95. The maximum absolute atomic E-state index is 13.7. The monoisotopic (exact) mass is 306 g/mol. The Morgan fingerprint density at radius 1 is 1.24 bits per heavy atom. The first kappa shape index (κ1) is 15.5. The Kier molecular flexibility index (Phi) is 4.97. The molecule has 2 aromatic carbocycles. The number of carbonyl (C=O) groups is 1. The highest BCUT2D eigenvalue weighted by Gasteiger charge is 2.12. The van der Waals surface area contributed by atoms with Crippen LogP contribution in [0.2, 0.25) is 5.02 Å². The fourth-order valence-corrected chi connectivity index (χ4v) is 2.16. The van der Waals surface area contributed by atoms with E-state index in [4.69, 9.17) is 16.3 Å². The average molecular weight is 307 g/mol. The van der Waals surface area contributed by atoms with E-state index in [1.807, 2.05) is 13.8 Å². The molecule has 110 valence electrons. The van der Waals surface area contributed by atoms with Gasteiger partial charge in [-0.15, -0.1) is 0 Å². The van der Waals surface area contributed by atoms with Crippen molar-refractivity contribution < 1.29 is 13.9 Å². The minimum atomic E-state index is -0.428. The number of carbonyl (C=O) groups excluding carboxylic acids is 1. The molecule has 4 heteroatoms. The van der Waals surface area contributed by atoms with Crippen LogP contribution in [0.3, 0.4) is 0 Å². The predicted molar refractivity (Wildman–Crippen MR) is 81.7 cm³/mol. The Balaban J connectivity index is 2.18. The molecule has 0 aliphatic heterocycles. The second-order valence-corrected chi connectivity index (χ2v) is 5.47. The van der Waals surface area contributed by atoms with Crippen molar-refractivity contribution in [1.29, 1.82) is 0 Å². The second kappa shape index (κ2) is 6.72. The van der Waals surface area contributed by atoms with Gasteiger partial charge >= 0.3 is 0 Å². The van der Waals surface area contributed by atoms with Gasteiger partial charge in [0.1, 0.15) is 11.6 Å². The summed E-state index contributed by atoms with van der Waals surface area (Å²) >= 11 is 5.83. The van der Waals surface area contributed by atoms with Crippen LogP contribution < -0.4 is 4.74 Å². The van der Waals surface area contributed by atoms with Crippen molar-refractivity contribution in [3.8, 4) is 5.75 Å². The zero-order valence-corrected chi connectivity index (χ0v) is 12.7. The SMILES string of the molecule is CC(C)Oc1cccc(C(=O)Cc2cc(Cl)ccc2F)c1. The summed E-state index contributed by atoms with van der Waals surface area (Å²) in [6.45, 7) is 3.83. The van der Waals surface area contributed by atoms with Crippen LogP contribution in [0.5, 0.6) is 5.75 Å². The number of Topliss-reactive ketones (excluding diaryl/α,β-unsaturated/α-hetero) is 1. The highest BCUT2D eigenvalue weighted by molar-refractivity contribution is 6.30. The third kappa shape index (κ3) is 4.30. The van der Waals surface area contributed by atoms with Crippen molar-refractivity contribution in [2.45, 2.75) is 26.4 Å². The normalized spacial score (nSPS) is 10.7. The van der Waals surface area contributed by atoms with Crippen molar-refractivity contribution in [3.63, 3.8) is 0 Å². The van der Waals surface area contributed by atoms with Crippen LogP contribution in [-0.4, -0.2) is 11.9 Å². The zero-order chi connectivity index (χ0) is 15.4. The summed E-state index contributed by atoms with van der Waals surface area (Å²) in [5.41, 5.74) is 0.787. The smallest absolute Gasteiger partial charge is 0.167 e. The van der Waals surface area contributed by atoms with Gasteiger partial charge in [-0.1, -0.05) is 23.7 Å². The van der Waals surface area contributed by atoms with Crippen LogP contribution in [0, 0.1) is 5.82 Å². The lowest BCUT2D eigenvalue weighted by molar-refractivity contribution is 0.0991. The second-order valence-electron chi connectivity index (χ2n) is 5.03. The molecule has 0 atom stereocenters. The molecule has 0 heterocycles.